The number of nitrogens with zero attached hydrogens (tertiary/aromatic N) is 1. The number of halogens is 2. The predicted molar refractivity (Wildman–Crippen MR) is 75.2 cm³/mol. The third-order valence-electron chi connectivity index (χ3n) is 2.09. The molecule has 0 spiro atoms. The molecule has 0 aliphatic rings. The Hall–Kier alpha value is -0.340. The largest absolute Gasteiger partial charge is 0.477 e. The van der Waals surface area contributed by atoms with Crippen LogP contribution >= 0.6 is 49.9 Å². The summed E-state index contributed by atoms with van der Waals surface area (Å²) in [5.41, 5.74) is 0.324. The summed E-state index contributed by atoms with van der Waals surface area (Å²) in [5.74, 6) is -0.893. The smallest absolute Gasteiger partial charge is 0.352 e. The lowest BCUT2D eigenvalue weighted by Gasteiger charge is -2.04. The molecule has 16 heavy (non-hydrogen) atoms. The average molecular weight is 412 g/mol. The second-order valence-corrected chi connectivity index (χ2v) is 6.27. The summed E-state index contributed by atoms with van der Waals surface area (Å²) >= 11 is 7.17. The van der Waals surface area contributed by atoms with E-state index in [9.17, 15) is 4.79 Å². The molecular formula is C10H7BrINO2S. The number of carboxylic acid groups (broad SMARTS) is 1. The van der Waals surface area contributed by atoms with E-state index in [1.165, 1.54) is 0 Å². The van der Waals surface area contributed by atoms with Crippen LogP contribution in [0.25, 0.3) is 0 Å². The Morgan fingerprint density at radius 1 is 1.62 bits per heavy atom. The molecule has 2 rings (SSSR count). The van der Waals surface area contributed by atoms with Gasteiger partial charge in [-0.3, -0.25) is 0 Å². The van der Waals surface area contributed by atoms with Gasteiger partial charge in [-0.1, -0.05) is 0 Å². The fourth-order valence-electron chi connectivity index (χ4n) is 1.38. The van der Waals surface area contributed by atoms with E-state index in [0.29, 0.717) is 12.2 Å². The third kappa shape index (κ3) is 2.49. The highest BCUT2D eigenvalue weighted by Crippen LogP contribution is 2.24. The lowest BCUT2D eigenvalue weighted by Crippen LogP contribution is -2.07. The van der Waals surface area contributed by atoms with Crippen LogP contribution in [0.4, 0.5) is 0 Å². The molecule has 0 aliphatic heterocycles. The predicted octanol–water partition coefficient (Wildman–Crippen LogP) is 3.66. The second-order valence-electron chi connectivity index (χ2n) is 3.17. The highest BCUT2D eigenvalue weighted by molar-refractivity contribution is 14.1. The number of hydrogen-bond acceptors (Lipinski definition) is 2. The van der Waals surface area contributed by atoms with E-state index < -0.39 is 5.97 Å². The van der Waals surface area contributed by atoms with Gasteiger partial charge in [0.1, 0.15) is 5.69 Å². The third-order valence-corrected chi connectivity index (χ3v) is 4.59. The summed E-state index contributed by atoms with van der Waals surface area (Å²) in [6.45, 7) is 0.586. The molecular weight excluding hydrogens is 405 g/mol. The summed E-state index contributed by atoms with van der Waals surface area (Å²) in [5, 5.41) is 11.0. The number of carbonyl (C=O) groups is 1. The van der Waals surface area contributed by atoms with Gasteiger partial charge in [-0.15, -0.1) is 11.3 Å². The SMILES string of the molecule is O=C(O)c1cc(I)cn1Cc1sccc1Br. The fourth-order valence-corrected chi connectivity index (χ4v) is 3.48. The Morgan fingerprint density at radius 2 is 2.38 bits per heavy atom. The molecule has 0 amide bonds. The molecule has 0 fully saturated rings. The van der Waals surface area contributed by atoms with Crippen LogP contribution in [0.15, 0.2) is 28.2 Å². The average Bonchev–Trinajstić information content (AvgIpc) is 2.75. The van der Waals surface area contributed by atoms with Crippen LogP contribution in [0, 0.1) is 3.57 Å². The lowest BCUT2D eigenvalue weighted by atomic mass is 10.4. The minimum Gasteiger partial charge on any atom is -0.477 e. The zero-order valence-electron chi connectivity index (χ0n) is 7.98. The van der Waals surface area contributed by atoms with Gasteiger partial charge in [0, 0.05) is 19.1 Å². The Balaban J connectivity index is 2.34. The van der Waals surface area contributed by atoms with Gasteiger partial charge >= 0.3 is 5.97 Å². The van der Waals surface area contributed by atoms with E-state index in [2.05, 4.69) is 38.5 Å². The minimum absolute atomic E-state index is 0.324. The van der Waals surface area contributed by atoms with Gasteiger partial charge in [0.25, 0.3) is 0 Å². The Labute approximate surface area is 118 Å². The zero-order chi connectivity index (χ0) is 11.7. The van der Waals surface area contributed by atoms with Crippen LogP contribution < -0.4 is 0 Å². The fraction of sp³-hybridized carbons (Fsp3) is 0.100. The number of aromatic nitrogens is 1. The number of aromatic carboxylic acids is 1. The maximum Gasteiger partial charge on any atom is 0.352 e. The first-order chi connectivity index (χ1) is 7.58. The van der Waals surface area contributed by atoms with Gasteiger partial charge in [0.2, 0.25) is 0 Å². The zero-order valence-corrected chi connectivity index (χ0v) is 12.5. The number of rotatable bonds is 3. The highest BCUT2D eigenvalue weighted by atomic mass is 127. The van der Waals surface area contributed by atoms with E-state index in [0.717, 1.165) is 12.9 Å². The van der Waals surface area contributed by atoms with E-state index in [-0.39, 0.29) is 0 Å². The van der Waals surface area contributed by atoms with Crippen molar-refractivity contribution in [2.45, 2.75) is 6.54 Å². The number of hydrogen-bond donors (Lipinski definition) is 1. The maximum atomic E-state index is 11.0. The van der Waals surface area contributed by atoms with Crippen LogP contribution in [0.1, 0.15) is 15.4 Å². The Morgan fingerprint density at radius 3 is 2.94 bits per heavy atom. The lowest BCUT2D eigenvalue weighted by molar-refractivity contribution is 0.0685. The van der Waals surface area contributed by atoms with E-state index in [4.69, 9.17) is 5.11 Å². The maximum absolute atomic E-state index is 11.0. The van der Waals surface area contributed by atoms with Gasteiger partial charge in [-0.2, -0.15) is 0 Å². The van der Waals surface area contributed by atoms with Crippen molar-refractivity contribution in [2.75, 3.05) is 0 Å². The standard InChI is InChI=1S/C10H7BrINO2S/c11-7-1-2-16-9(7)5-13-4-6(12)3-8(13)10(14)15/h1-4H,5H2,(H,14,15). The molecule has 0 aromatic carbocycles. The van der Waals surface area contributed by atoms with Crippen LogP contribution in [-0.2, 0) is 6.54 Å². The molecule has 0 aliphatic carbocycles. The van der Waals surface area contributed by atoms with E-state index in [1.54, 1.807) is 22.0 Å². The minimum atomic E-state index is -0.893. The van der Waals surface area contributed by atoms with Crippen LogP contribution in [0.3, 0.4) is 0 Å². The van der Waals surface area contributed by atoms with Crippen molar-refractivity contribution in [3.05, 3.63) is 42.3 Å². The van der Waals surface area contributed by atoms with Crippen molar-refractivity contribution >= 4 is 55.8 Å². The van der Waals surface area contributed by atoms with Crippen molar-refractivity contribution in [1.29, 1.82) is 0 Å². The summed E-state index contributed by atoms with van der Waals surface area (Å²) in [6, 6.07) is 3.64. The molecule has 0 radical (unpaired) electrons. The normalized spacial score (nSPS) is 10.6. The van der Waals surface area contributed by atoms with E-state index >= 15 is 0 Å². The summed E-state index contributed by atoms with van der Waals surface area (Å²) in [7, 11) is 0. The molecule has 2 aromatic rings. The first-order valence-corrected chi connectivity index (χ1v) is 7.14. The molecule has 1 N–H and O–H groups in total. The van der Waals surface area contributed by atoms with Crippen molar-refractivity contribution < 1.29 is 9.90 Å². The second kappa shape index (κ2) is 4.89. The van der Waals surface area contributed by atoms with Crippen molar-refractivity contribution in [3.63, 3.8) is 0 Å². The summed E-state index contributed by atoms with van der Waals surface area (Å²) < 4.78 is 3.71. The Kier molecular flexibility index (Phi) is 3.70. The number of carboxylic acids is 1. The van der Waals surface area contributed by atoms with Gasteiger partial charge in [0.15, 0.2) is 0 Å². The molecule has 84 valence electrons. The van der Waals surface area contributed by atoms with Crippen LogP contribution in [-0.4, -0.2) is 15.6 Å². The molecule has 3 nitrogen and oxygen atoms in total. The first-order valence-electron chi connectivity index (χ1n) is 4.39. The first kappa shape index (κ1) is 12.1. The van der Waals surface area contributed by atoms with E-state index in [1.807, 2.05) is 17.6 Å². The summed E-state index contributed by atoms with van der Waals surface area (Å²) in [6.07, 6.45) is 1.84. The van der Waals surface area contributed by atoms with Crippen LogP contribution in [0.5, 0.6) is 0 Å². The number of thiophene rings is 1. The van der Waals surface area contributed by atoms with Gasteiger partial charge in [0.05, 0.1) is 6.54 Å². The van der Waals surface area contributed by atoms with Crippen LogP contribution in [0.2, 0.25) is 0 Å². The molecule has 0 saturated carbocycles. The van der Waals surface area contributed by atoms with Gasteiger partial charge in [-0.25, -0.2) is 4.79 Å². The molecule has 0 atom stereocenters. The quantitative estimate of drug-likeness (QED) is 0.783. The molecule has 0 saturated heterocycles. The Bertz CT molecular complexity index is 535. The molecule has 6 heteroatoms. The van der Waals surface area contributed by atoms with Crippen molar-refractivity contribution in [3.8, 4) is 0 Å². The monoisotopic (exact) mass is 411 g/mol. The van der Waals surface area contributed by atoms with Gasteiger partial charge in [-0.05, 0) is 56.0 Å². The topological polar surface area (TPSA) is 42.2 Å². The summed E-state index contributed by atoms with van der Waals surface area (Å²) in [4.78, 5) is 12.1. The molecule has 2 heterocycles. The highest BCUT2D eigenvalue weighted by Gasteiger charge is 2.13. The van der Waals surface area contributed by atoms with Gasteiger partial charge < -0.3 is 9.67 Å². The molecule has 0 bridgehead atoms. The molecule has 2 aromatic heterocycles. The molecule has 0 unspecified atom stereocenters. The van der Waals surface area contributed by atoms with Crippen molar-refractivity contribution in [1.82, 2.24) is 4.57 Å². The van der Waals surface area contributed by atoms with Crippen molar-refractivity contribution in [2.24, 2.45) is 0 Å².